The van der Waals surface area contributed by atoms with Crippen LogP contribution in [0.25, 0.3) is 11.3 Å². The highest BCUT2D eigenvalue weighted by Gasteiger charge is 2.15. The first kappa shape index (κ1) is 22.6. The molecule has 0 aliphatic rings. The molecule has 0 saturated carbocycles. The van der Waals surface area contributed by atoms with E-state index >= 15 is 0 Å². The number of ether oxygens (including phenoxy) is 1. The Morgan fingerprint density at radius 1 is 1.00 bits per heavy atom. The van der Waals surface area contributed by atoms with E-state index in [1.165, 1.54) is 23.5 Å². The Morgan fingerprint density at radius 2 is 1.67 bits per heavy atom. The largest absolute Gasteiger partial charge is 0.423 e. The molecule has 0 amide bonds. The Kier molecular flexibility index (Phi) is 6.52. The molecule has 0 spiro atoms. The zero-order valence-electron chi connectivity index (χ0n) is 17.5. The Hall–Kier alpha value is -3.56. The molecule has 0 unspecified atom stereocenters. The number of benzene rings is 3. The van der Waals surface area contributed by atoms with Crippen molar-refractivity contribution in [1.29, 1.82) is 0 Å². The van der Waals surface area contributed by atoms with E-state index in [0.29, 0.717) is 22.7 Å². The maximum atomic E-state index is 13.1. The van der Waals surface area contributed by atoms with Crippen molar-refractivity contribution in [1.82, 2.24) is 4.57 Å². The smallest absolute Gasteiger partial charge is 0.343 e. The lowest BCUT2D eigenvalue weighted by Gasteiger charge is -2.08. The molecule has 1 aromatic heterocycles. The van der Waals surface area contributed by atoms with Gasteiger partial charge in [0.1, 0.15) is 11.6 Å². The number of carbonyl (C=O) groups is 1. The van der Waals surface area contributed by atoms with Crippen molar-refractivity contribution in [3.8, 4) is 17.0 Å². The Labute approximate surface area is 194 Å². The second kappa shape index (κ2) is 9.51. The molecule has 1 heterocycles. The third-order valence-electron chi connectivity index (χ3n) is 4.79. The minimum absolute atomic E-state index is 0.0777. The van der Waals surface area contributed by atoms with Crippen LogP contribution in [0.5, 0.6) is 5.75 Å². The molecule has 0 radical (unpaired) electrons. The summed E-state index contributed by atoms with van der Waals surface area (Å²) in [6, 6.07) is 20.2. The average molecular weight is 483 g/mol. The van der Waals surface area contributed by atoms with Crippen molar-refractivity contribution in [3.63, 3.8) is 0 Å². The van der Waals surface area contributed by atoms with Gasteiger partial charge in [0.25, 0.3) is 10.0 Å². The number of hydrogen-bond donors (Lipinski definition) is 0. The van der Waals surface area contributed by atoms with Crippen LogP contribution in [0.15, 0.2) is 93.5 Å². The standard InChI is InChI=1S/C24H19FN2O4S2/c1-2-27-22(16-32-24(27)26-33(29,30)21-14-10-19(25)11-15-21)17-8-12-20(13-9-17)31-23(28)18-6-4-3-5-7-18/h3-16H,2H2,1H3/b26-24+. The summed E-state index contributed by atoms with van der Waals surface area (Å²) >= 11 is 1.19. The minimum Gasteiger partial charge on any atom is -0.423 e. The first-order valence-electron chi connectivity index (χ1n) is 10.00. The summed E-state index contributed by atoms with van der Waals surface area (Å²) in [5, 5.41) is 1.81. The molecular formula is C24H19FN2O4S2. The van der Waals surface area contributed by atoms with Crippen LogP contribution < -0.4 is 9.54 Å². The quantitative estimate of drug-likeness (QED) is 0.290. The highest BCUT2D eigenvalue weighted by molar-refractivity contribution is 7.90. The van der Waals surface area contributed by atoms with E-state index in [0.717, 1.165) is 23.4 Å². The maximum Gasteiger partial charge on any atom is 0.343 e. The van der Waals surface area contributed by atoms with Crippen LogP contribution in [0.4, 0.5) is 4.39 Å². The number of esters is 1. The molecule has 0 aliphatic carbocycles. The zero-order valence-corrected chi connectivity index (χ0v) is 19.1. The van der Waals surface area contributed by atoms with Crippen LogP contribution in [0.2, 0.25) is 0 Å². The number of hydrogen-bond acceptors (Lipinski definition) is 5. The Bertz CT molecular complexity index is 1440. The molecule has 4 aromatic rings. The van der Waals surface area contributed by atoms with Crippen LogP contribution in [0, 0.1) is 5.82 Å². The van der Waals surface area contributed by atoms with Gasteiger partial charge in [-0.2, -0.15) is 8.42 Å². The van der Waals surface area contributed by atoms with Crippen molar-refractivity contribution >= 4 is 27.3 Å². The number of nitrogens with zero attached hydrogens (tertiary/aromatic N) is 2. The molecule has 3 aromatic carbocycles. The summed E-state index contributed by atoms with van der Waals surface area (Å²) in [5.74, 6) is -0.571. The average Bonchev–Trinajstić information content (AvgIpc) is 3.22. The summed E-state index contributed by atoms with van der Waals surface area (Å²) in [6.45, 7) is 2.37. The topological polar surface area (TPSA) is 77.7 Å². The molecule has 6 nitrogen and oxygen atoms in total. The van der Waals surface area contributed by atoms with Crippen molar-refractivity contribution in [3.05, 3.63) is 100 Å². The fourth-order valence-electron chi connectivity index (χ4n) is 3.14. The van der Waals surface area contributed by atoms with E-state index in [-0.39, 0.29) is 4.90 Å². The van der Waals surface area contributed by atoms with Crippen molar-refractivity contribution in [2.24, 2.45) is 4.40 Å². The summed E-state index contributed by atoms with van der Waals surface area (Å²) < 4.78 is 49.6. The normalized spacial score (nSPS) is 12.0. The first-order valence-corrected chi connectivity index (χ1v) is 12.3. The number of rotatable bonds is 6. The molecule has 4 rings (SSSR count). The number of thiazole rings is 1. The number of aromatic nitrogens is 1. The molecule has 0 aliphatic heterocycles. The molecule has 33 heavy (non-hydrogen) atoms. The van der Waals surface area contributed by atoms with Gasteiger partial charge in [-0.3, -0.25) is 0 Å². The second-order valence-corrected chi connectivity index (χ2v) is 9.39. The predicted molar refractivity (Wildman–Crippen MR) is 124 cm³/mol. The van der Waals surface area contributed by atoms with Crippen LogP contribution in [-0.4, -0.2) is 19.0 Å². The molecule has 0 bridgehead atoms. The third kappa shape index (κ3) is 5.10. The molecule has 0 saturated heterocycles. The fourth-order valence-corrected chi connectivity index (χ4v) is 5.33. The Balaban J connectivity index is 1.61. The van der Waals surface area contributed by atoms with Gasteiger partial charge in [0.15, 0.2) is 0 Å². The van der Waals surface area contributed by atoms with Gasteiger partial charge < -0.3 is 9.30 Å². The summed E-state index contributed by atoms with van der Waals surface area (Å²) in [6.07, 6.45) is 0. The van der Waals surface area contributed by atoms with Gasteiger partial charge >= 0.3 is 5.97 Å². The maximum absolute atomic E-state index is 13.1. The van der Waals surface area contributed by atoms with Gasteiger partial charge in [0.2, 0.25) is 4.80 Å². The molecule has 0 N–H and O–H groups in total. The Morgan fingerprint density at radius 3 is 2.30 bits per heavy atom. The van der Waals surface area contributed by atoms with Crippen molar-refractivity contribution in [2.75, 3.05) is 0 Å². The molecule has 0 atom stereocenters. The SMILES string of the molecule is CCn1c(-c2ccc(OC(=O)c3ccccc3)cc2)cs/c1=N/S(=O)(=O)c1ccc(F)cc1. The van der Waals surface area contributed by atoms with E-state index in [4.69, 9.17) is 4.74 Å². The van der Waals surface area contributed by atoms with Gasteiger partial charge in [0, 0.05) is 11.9 Å². The lowest BCUT2D eigenvalue weighted by Crippen LogP contribution is -2.17. The third-order valence-corrected chi connectivity index (χ3v) is 7.05. The summed E-state index contributed by atoms with van der Waals surface area (Å²) in [7, 11) is -3.99. The van der Waals surface area contributed by atoms with Crippen LogP contribution in [-0.2, 0) is 16.6 Å². The molecular weight excluding hydrogens is 463 g/mol. The number of halogens is 1. The van der Waals surface area contributed by atoms with E-state index in [2.05, 4.69) is 4.40 Å². The second-order valence-electron chi connectivity index (χ2n) is 6.95. The van der Waals surface area contributed by atoms with Gasteiger partial charge in [0.05, 0.1) is 16.2 Å². The van der Waals surface area contributed by atoms with Crippen LogP contribution in [0.1, 0.15) is 17.3 Å². The van der Waals surface area contributed by atoms with Crippen LogP contribution in [0.3, 0.4) is 0 Å². The predicted octanol–water partition coefficient (Wildman–Crippen LogP) is 4.88. The summed E-state index contributed by atoms with van der Waals surface area (Å²) in [4.78, 5) is 12.5. The van der Waals surface area contributed by atoms with Crippen molar-refractivity contribution < 1.29 is 22.3 Å². The minimum atomic E-state index is -3.99. The number of carbonyl (C=O) groups excluding carboxylic acids is 1. The lowest BCUT2D eigenvalue weighted by molar-refractivity contribution is 0.0734. The van der Waals surface area contributed by atoms with E-state index in [1.54, 1.807) is 53.1 Å². The zero-order chi connectivity index (χ0) is 23.4. The van der Waals surface area contributed by atoms with Crippen LogP contribution >= 0.6 is 11.3 Å². The van der Waals surface area contributed by atoms with Gasteiger partial charge in [-0.05, 0) is 73.2 Å². The van der Waals surface area contributed by atoms with Crippen molar-refractivity contribution in [2.45, 2.75) is 18.4 Å². The number of sulfonamides is 1. The first-order chi connectivity index (χ1) is 15.9. The molecule has 9 heteroatoms. The highest BCUT2D eigenvalue weighted by Crippen LogP contribution is 2.24. The molecule has 0 fully saturated rings. The fraction of sp³-hybridized carbons (Fsp3) is 0.0833. The van der Waals surface area contributed by atoms with E-state index < -0.39 is 21.8 Å². The monoisotopic (exact) mass is 482 g/mol. The summed E-state index contributed by atoms with van der Waals surface area (Å²) in [5.41, 5.74) is 2.04. The van der Waals surface area contributed by atoms with E-state index in [9.17, 15) is 17.6 Å². The molecule has 168 valence electrons. The van der Waals surface area contributed by atoms with Gasteiger partial charge in [-0.25, -0.2) is 9.18 Å². The van der Waals surface area contributed by atoms with E-state index in [1.807, 2.05) is 18.4 Å². The highest BCUT2D eigenvalue weighted by atomic mass is 32.2. The lowest BCUT2D eigenvalue weighted by atomic mass is 10.1. The van der Waals surface area contributed by atoms with Gasteiger partial charge in [-0.15, -0.1) is 15.7 Å². The van der Waals surface area contributed by atoms with Gasteiger partial charge in [-0.1, -0.05) is 18.2 Å².